The summed E-state index contributed by atoms with van der Waals surface area (Å²) in [5.41, 5.74) is 3.89. The van der Waals surface area contributed by atoms with Crippen LogP contribution in [0.5, 0.6) is 5.75 Å². The standard InChI is InChI=1S/C23H24N2O3/c1-17-14-21(28-2)16-23(27)25(17)13-12-24-22(26)15-18-8-10-20(11-9-18)19-6-4-3-5-7-19/h3-11,14,16H,12-13,15H2,1-2H3,(H,24,26). The van der Waals surface area contributed by atoms with Crippen LogP contribution in [0.25, 0.3) is 11.1 Å². The Hall–Kier alpha value is -3.34. The van der Waals surface area contributed by atoms with Crippen LogP contribution in [0.3, 0.4) is 0 Å². The Balaban J connectivity index is 1.53. The van der Waals surface area contributed by atoms with E-state index in [1.165, 1.54) is 13.2 Å². The highest BCUT2D eigenvalue weighted by Gasteiger charge is 2.06. The quantitative estimate of drug-likeness (QED) is 0.689. The van der Waals surface area contributed by atoms with Gasteiger partial charge in [-0.2, -0.15) is 0 Å². The van der Waals surface area contributed by atoms with E-state index in [-0.39, 0.29) is 11.5 Å². The fraction of sp³-hybridized carbons (Fsp3) is 0.217. The minimum Gasteiger partial charge on any atom is -0.496 e. The van der Waals surface area contributed by atoms with E-state index < -0.39 is 0 Å². The van der Waals surface area contributed by atoms with Crippen molar-refractivity contribution in [3.05, 3.63) is 88.3 Å². The zero-order valence-corrected chi connectivity index (χ0v) is 16.1. The maximum Gasteiger partial charge on any atom is 0.254 e. The van der Waals surface area contributed by atoms with Crippen LogP contribution >= 0.6 is 0 Å². The molecule has 0 aliphatic carbocycles. The molecule has 0 aliphatic heterocycles. The lowest BCUT2D eigenvalue weighted by molar-refractivity contribution is -0.120. The van der Waals surface area contributed by atoms with E-state index in [9.17, 15) is 9.59 Å². The van der Waals surface area contributed by atoms with Crippen LogP contribution in [0.2, 0.25) is 0 Å². The second-order valence-electron chi connectivity index (χ2n) is 6.62. The number of pyridine rings is 1. The van der Waals surface area contributed by atoms with Crippen molar-refractivity contribution in [2.45, 2.75) is 19.9 Å². The molecule has 2 aromatic carbocycles. The molecule has 1 amide bonds. The first-order chi connectivity index (χ1) is 13.6. The summed E-state index contributed by atoms with van der Waals surface area (Å²) in [6, 6.07) is 21.4. The van der Waals surface area contributed by atoms with Crippen LogP contribution in [0.15, 0.2) is 71.5 Å². The van der Waals surface area contributed by atoms with Gasteiger partial charge in [-0.1, -0.05) is 54.6 Å². The molecular weight excluding hydrogens is 352 g/mol. The molecule has 5 nitrogen and oxygen atoms in total. The molecule has 0 aliphatic rings. The SMILES string of the molecule is COc1cc(C)n(CCNC(=O)Cc2ccc(-c3ccccc3)cc2)c(=O)c1. The van der Waals surface area contributed by atoms with Crippen LogP contribution < -0.4 is 15.6 Å². The van der Waals surface area contributed by atoms with Crippen LogP contribution in [-0.4, -0.2) is 24.1 Å². The average Bonchev–Trinajstić information content (AvgIpc) is 2.71. The summed E-state index contributed by atoms with van der Waals surface area (Å²) in [4.78, 5) is 24.3. The lowest BCUT2D eigenvalue weighted by atomic mass is 10.0. The van der Waals surface area contributed by atoms with Crippen molar-refractivity contribution >= 4 is 5.91 Å². The number of hydrogen-bond acceptors (Lipinski definition) is 3. The Labute approximate surface area is 164 Å². The van der Waals surface area contributed by atoms with E-state index in [4.69, 9.17) is 4.74 Å². The van der Waals surface area contributed by atoms with E-state index in [0.29, 0.717) is 25.3 Å². The summed E-state index contributed by atoms with van der Waals surface area (Å²) in [6.07, 6.45) is 0.311. The van der Waals surface area contributed by atoms with Gasteiger partial charge in [0.15, 0.2) is 0 Å². The van der Waals surface area contributed by atoms with Gasteiger partial charge in [0.1, 0.15) is 5.75 Å². The number of benzene rings is 2. The molecule has 5 heteroatoms. The Morgan fingerprint density at radius 2 is 1.68 bits per heavy atom. The third-order valence-electron chi connectivity index (χ3n) is 4.63. The molecule has 28 heavy (non-hydrogen) atoms. The van der Waals surface area contributed by atoms with Gasteiger partial charge in [-0.3, -0.25) is 9.59 Å². The first kappa shape index (κ1) is 19.4. The van der Waals surface area contributed by atoms with Gasteiger partial charge < -0.3 is 14.6 Å². The van der Waals surface area contributed by atoms with Crippen molar-refractivity contribution < 1.29 is 9.53 Å². The Morgan fingerprint density at radius 3 is 2.32 bits per heavy atom. The van der Waals surface area contributed by atoms with Crippen molar-refractivity contribution in [2.24, 2.45) is 0 Å². The van der Waals surface area contributed by atoms with Gasteiger partial charge in [0.05, 0.1) is 13.5 Å². The second kappa shape index (κ2) is 9.04. The number of hydrogen-bond donors (Lipinski definition) is 1. The molecule has 1 heterocycles. The maximum atomic E-state index is 12.2. The van der Waals surface area contributed by atoms with Gasteiger partial charge in [0, 0.05) is 24.8 Å². The molecule has 0 saturated carbocycles. The van der Waals surface area contributed by atoms with E-state index >= 15 is 0 Å². The fourth-order valence-electron chi connectivity index (χ4n) is 3.10. The zero-order chi connectivity index (χ0) is 19.9. The molecule has 0 saturated heterocycles. The number of carbonyl (C=O) groups excluding carboxylic acids is 1. The summed E-state index contributed by atoms with van der Waals surface area (Å²) >= 11 is 0. The number of aromatic nitrogens is 1. The molecule has 0 unspecified atom stereocenters. The topological polar surface area (TPSA) is 60.3 Å². The van der Waals surface area contributed by atoms with Crippen molar-refractivity contribution in [1.82, 2.24) is 9.88 Å². The van der Waals surface area contributed by atoms with Crippen molar-refractivity contribution in [1.29, 1.82) is 0 Å². The fourth-order valence-corrected chi connectivity index (χ4v) is 3.10. The average molecular weight is 376 g/mol. The maximum absolute atomic E-state index is 12.2. The van der Waals surface area contributed by atoms with Crippen LogP contribution in [0.1, 0.15) is 11.3 Å². The molecule has 3 rings (SSSR count). The molecular formula is C23H24N2O3. The molecule has 0 spiro atoms. The van der Waals surface area contributed by atoms with Gasteiger partial charge in [-0.15, -0.1) is 0 Å². The first-order valence-electron chi connectivity index (χ1n) is 9.23. The number of aryl methyl sites for hydroxylation is 1. The minimum atomic E-state index is -0.136. The highest BCUT2D eigenvalue weighted by molar-refractivity contribution is 5.78. The molecule has 1 N–H and O–H groups in total. The highest BCUT2D eigenvalue weighted by Crippen LogP contribution is 2.19. The predicted molar refractivity (Wildman–Crippen MR) is 111 cm³/mol. The molecule has 0 fully saturated rings. The number of amides is 1. The number of nitrogens with one attached hydrogen (secondary N) is 1. The van der Waals surface area contributed by atoms with Crippen LogP contribution in [0, 0.1) is 6.92 Å². The largest absolute Gasteiger partial charge is 0.496 e. The lowest BCUT2D eigenvalue weighted by Crippen LogP contribution is -2.32. The summed E-state index contributed by atoms with van der Waals surface area (Å²) in [6.45, 7) is 2.67. The highest BCUT2D eigenvalue weighted by atomic mass is 16.5. The summed E-state index contributed by atoms with van der Waals surface area (Å²) in [5, 5.41) is 2.88. The lowest BCUT2D eigenvalue weighted by Gasteiger charge is -2.12. The molecule has 0 atom stereocenters. The third-order valence-corrected chi connectivity index (χ3v) is 4.63. The number of nitrogens with zero attached hydrogens (tertiary/aromatic N) is 1. The molecule has 1 aromatic heterocycles. The number of ether oxygens (including phenoxy) is 1. The van der Waals surface area contributed by atoms with E-state index in [0.717, 1.165) is 22.4 Å². The predicted octanol–water partition coefficient (Wildman–Crippen LogP) is 3.19. The van der Waals surface area contributed by atoms with Crippen molar-refractivity contribution in [2.75, 3.05) is 13.7 Å². The van der Waals surface area contributed by atoms with Gasteiger partial charge in [0.2, 0.25) is 5.91 Å². The summed E-state index contributed by atoms with van der Waals surface area (Å²) in [7, 11) is 1.53. The van der Waals surface area contributed by atoms with Gasteiger partial charge >= 0.3 is 0 Å². The Bertz CT molecular complexity index is 993. The normalized spacial score (nSPS) is 10.5. The minimum absolute atomic E-state index is 0.0633. The van der Waals surface area contributed by atoms with E-state index in [2.05, 4.69) is 17.4 Å². The first-order valence-corrected chi connectivity index (χ1v) is 9.23. The van der Waals surface area contributed by atoms with E-state index in [1.54, 1.807) is 10.6 Å². The van der Waals surface area contributed by atoms with Gasteiger partial charge in [-0.25, -0.2) is 0 Å². The number of carbonyl (C=O) groups is 1. The number of methoxy groups -OCH3 is 1. The smallest absolute Gasteiger partial charge is 0.254 e. The molecule has 3 aromatic rings. The van der Waals surface area contributed by atoms with Gasteiger partial charge in [0.25, 0.3) is 5.56 Å². The van der Waals surface area contributed by atoms with Crippen molar-refractivity contribution in [3.8, 4) is 16.9 Å². The molecule has 0 radical (unpaired) electrons. The Kier molecular flexibility index (Phi) is 6.27. The van der Waals surface area contributed by atoms with Crippen molar-refractivity contribution in [3.63, 3.8) is 0 Å². The summed E-state index contributed by atoms with van der Waals surface area (Å²) < 4.78 is 6.72. The second-order valence-corrected chi connectivity index (χ2v) is 6.62. The Morgan fingerprint density at radius 1 is 1.00 bits per heavy atom. The molecule has 0 bridgehead atoms. The van der Waals surface area contributed by atoms with Gasteiger partial charge in [-0.05, 0) is 29.7 Å². The monoisotopic (exact) mass is 376 g/mol. The summed E-state index contributed by atoms with van der Waals surface area (Å²) in [5.74, 6) is 0.480. The van der Waals surface area contributed by atoms with Crippen LogP contribution in [0.4, 0.5) is 0 Å². The van der Waals surface area contributed by atoms with Crippen LogP contribution in [-0.2, 0) is 17.8 Å². The number of rotatable bonds is 7. The third kappa shape index (κ3) is 4.88. The zero-order valence-electron chi connectivity index (χ0n) is 16.1. The van der Waals surface area contributed by atoms with E-state index in [1.807, 2.05) is 49.4 Å². The molecule has 144 valence electrons.